The number of nitrogens with one attached hydrogen (secondary N) is 1. The molecular formula is C17H16BrClN2O3. The Balaban J connectivity index is 2.14. The lowest BCUT2D eigenvalue weighted by Gasteiger charge is -2.11. The summed E-state index contributed by atoms with van der Waals surface area (Å²) >= 11 is 9.40. The summed E-state index contributed by atoms with van der Waals surface area (Å²) in [6.45, 7) is 2.39. The minimum absolute atomic E-state index is 0.363. The van der Waals surface area contributed by atoms with Gasteiger partial charge in [-0.3, -0.25) is 4.79 Å². The molecule has 7 heteroatoms. The van der Waals surface area contributed by atoms with Gasteiger partial charge in [0.25, 0.3) is 5.91 Å². The molecule has 0 aromatic heterocycles. The number of hydrazone groups is 1. The van der Waals surface area contributed by atoms with E-state index in [1.807, 2.05) is 13.0 Å². The standard InChI is InChI=1S/C17H16BrClN2O3/c1-3-24-15-9-11(8-13(18)16(15)23-2)10-20-21-17(22)12-6-4-5-7-14(12)19/h4-10H,3H2,1-2H3,(H,21,22)/b20-10-. The van der Waals surface area contributed by atoms with E-state index in [0.717, 1.165) is 10.0 Å². The first-order chi connectivity index (χ1) is 11.6. The van der Waals surface area contributed by atoms with Crippen LogP contribution in [0.1, 0.15) is 22.8 Å². The van der Waals surface area contributed by atoms with Crippen molar-refractivity contribution in [2.45, 2.75) is 6.92 Å². The van der Waals surface area contributed by atoms with Crippen LogP contribution in [-0.4, -0.2) is 25.8 Å². The highest BCUT2D eigenvalue weighted by atomic mass is 79.9. The molecule has 24 heavy (non-hydrogen) atoms. The lowest BCUT2D eigenvalue weighted by molar-refractivity contribution is 0.0955. The maximum atomic E-state index is 12.0. The molecule has 2 aromatic carbocycles. The smallest absolute Gasteiger partial charge is 0.272 e. The van der Waals surface area contributed by atoms with Gasteiger partial charge in [0.1, 0.15) is 0 Å². The molecule has 1 amide bonds. The van der Waals surface area contributed by atoms with E-state index >= 15 is 0 Å². The molecule has 126 valence electrons. The van der Waals surface area contributed by atoms with E-state index in [2.05, 4.69) is 26.5 Å². The summed E-state index contributed by atoms with van der Waals surface area (Å²) in [6.07, 6.45) is 1.52. The Labute approximate surface area is 153 Å². The van der Waals surface area contributed by atoms with E-state index in [1.54, 1.807) is 37.4 Å². The lowest BCUT2D eigenvalue weighted by Crippen LogP contribution is -2.17. The van der Waals surface area contributed by atoms with Gasteiger partial charge in [-0.05, 0) is 52.7 Å². The number of hydrogen-bond donors (Lipinski definition) is 1. The SMILES string of the molecule is CCOc1cc(/C=N\NC(=O)c2ccccc2Cl)cc(Br)c1OC. The highest BCUT2D eigenvalue weighted by Gasteiger charge is 2.11. The molecule has 0 aliphatic rings. The van der Waals surface area contributed by atoms with E-state index in [-0.39, 0.29) is 5.91 Å². The van der Waals surface area contributed by atoms with E-state index in [4.69, 9.17) is 21.1 Å². The van der Waals surface area contributed by atoms with Crippen molar-refractivity contribution in [1.29, 1.82) is 0 Å². The van der Waals surface area contributed by atoms with Gasteiger partial charge in [0.15, 0.2) is 11.5 Å². The molecule has 0 saturated heterocycles. The first kappa shape index (κ1) is 18.3. The number of carbonyl (C=O) groups excluding carboxylic acids is 1. The van der Waals surface area contributed by atoms with Crippen LogP contribution < -0.4 is 14.9 Å². The summed E-state index contributed by atoms with van der Waals surface area (Å²) in [5.74, 6) is 0.816. The summed E-state index contributed by atoms with van der Waals surface area (Å²) in [6, 6.07) is 10.4. The Morgan fingerprint density at radius 1 is 1.38 bits per heavy atom. The number of nitrogens with zero attached hydrogens (tertiary/aromatic N) is 1. The summed E-state index contributed by atoms with van der Waals surface area (Å²) in [7, 11) is 1.57. The van der Waals surface area contributed by atoms with Gasteiger partial charge in [0.2, 0.25) is 0 Å². The minimum Gasteiger partial charge on any atom is -0.492 e. The van der Waals surface area contributed by atoms with Gasteiger partial charge < -0.3 is 9.47 Å². The van der Waals surface area contributed by atoms with E-state index in [9.17, 15) is 4.79 Å². The van der Waals surface area contributed by atoms with E-state index in [0.29, 0.717) is 28.7 Å². The molecule has 0 unspecified atom stereocenters. The van der Waals surface area contributed by atoms with Crippen molar-refractivity contribution in [3.05, 3.63) is 57.0 Å². The van der Waals surface area contributed by atoms with Gasteiger partial charge in [0.05, 0.1) is 35.0 Å². The summed E-state index contributed by atoms with van der Waals surface area (Å²) in [4.78, 5) is 12.0. The van der Waals surface area contributed by atoms with Gasteiger partial charge >= 0.3 is 0 Å². The molecule has 0 spiro atoms. The Morgan fingerprint density at radius 3 is 2.79 bits per heavy atom. The molecule has 1 N–H and O–H groups in total. The van der Waals surface area contributed by atoms with Gasteiger partial charge in [-0.25, -0.2) is 5.43 Å². The van der Waals surface area contributed by atoms with Crippen LogP contribution in [-0.2, 0) is 0 Å². The second-order valence-electron chi connectivity index (χ2n) is 4.65. The fourth-order valence-electron chi connectivity index (χ4n) is 1.99. The van der Waals surface area contributed by atoms with Crippen molar-refractivity contribution < 1.29 is 14.3 Å². The summed E-state index contributed by atoms with van der Waals surface area (Å²) in [5, 5.41) is 4.33. The summed E-state index contributed by atoms with van der Waals surface area (Å²) in [5.41, 5.74) is 3.55. The van der Waals surface area contributed by atoms with Crippen LogP contribution in [0.25, 0.3) is 0 Å². The zero-order valence-corrected chi connectivity index (χ0v) is 15.5. The minimum atomic E-state index is -0.380. The number of ether oxygens (including phenoxy) is 2. The number of hydrogen-bond acceptors (Lipinski definition) is 4. The Morgan fingerprint density at radius 2 is 2.12 bits per heavy atom. The van der Waals surface area contributed by atoms with Gasteiger partial charge in [-0.1, -0.05) is 23.7 Å². The van der Waals surface area contributed by atoms with Crippen LogP contribution in [0.15, 0.2) is 46.0 Å². The van der Waals surface area contributed by atoms with E-state index < -0.39 is 0 Å². The molecule has 0 bridgehead atoms. The number of carbonyl (C=O) groups is 1. The van der Waals surface area contributed by atoms with Crippen LogP contribution >= 0.6 is 27.5 Å². The van der Waals surface area contributed by atoms with Crippen LogP contribution in [0.5, 0.6) is 11.5 Å². The number of halogens is 2. The average Bonchev–Trinajstić information content (AvgIpc) is 2.55. The number of rotatable bonds is 6. The summed E-state index contributed by atoms with van der Waals surface area (Å²) < 4.78 is 11.6. The number of benzene rings is 2. The van der Waals surface area contributed by atoms with E-state index in [1.165, 1.54) is 6.21 Å². The normalized spacial score (nSPS) is 10.7. The third-order valence-electron chi connectivity index (χ3n) is 3.03. The second kappa shape index (κ2) is 8.70. The second-order valence-corrected chi connectivity index (χ2v) is 5.91. The molecule has 0 aliphatic carbocycles. The molecule has 0 saturated carbocycles. The predicted octanol–water partition coefficient (Wildman–Crippen LogP) is 4.27. The number of methoxy groups -OCH3 is 1. The maximum absolute atomic E-state index is 12.0. The van der Waals surface area contributed by atoms with Gasteiger partial charge in [-0.15, -0.1) is 0 Å². The van der Waals surface area contributed by atoms with Gasteiger partial charge in [0, 0.05) is 0 Å². The molecule has 0 fully saturated rings. The van der Waals surface area contributed by atoms with Crippen LogP contribution in [0.3, 0.4) is 0 Å². The molecule has 0 atom stereocenters. The Bertz CT molecular complexity index is 765. The van der Waals surface area contributed by atoms with Crippen molar-refractivity contribution in [3.8, 4) is 11.5 Å². The Hall–Kier alpha value is -2.05. The van der Waals surface area contributed by atoms with Crippen molar-refractivity contribution in [3.63, 3.8) is 0 Å². The zero-order valence-electron chi connectivity index (χ0n) is 13.2. The quantitative estimate of drug-likeness (QED) is 0.570. The van der Waals surface area contributed by atoms with Crippen LogP contribution in [0, 0.1) is 0 Å². The Kier molecular flexibility index (Phi) is 6.63. The maximum Gasteiger partial charge on any atom is 0.272 e. The monoisotopic (exact) mass is 410 g/mol. The van der Waals surface area contributed by atoms with Crippen LogP contribution in [0.2, 0.25) is 5.02 Å². The van der Waals surface area contributed by atoms with Gasteiger partial charge in [-0.2, -0.15) is 5.10 Å². The highest BCUT2D eigenvalue weighted by Crippen LogP contribution is 2.36. The molecule has 2 aromatic rings. The number of amides is 1. The fourth-order valence-corrected chi connectivity index (χ4v) is 2.84. The van der Waals surface area contributed by atoms with Crippen LogP contribution in [0.4, 0.5) is 0 Å². The van der Waals surface area contributed by atoms with Crippen molar-refractivity contribution >= 4 is 39.7 Å². The average molecular weight is 412 g/mol. The largest absolute Gasteiger partial charge is 0.492 e. The third kappa shape index (κ3) is 4.49. The van der Waals surface area contributed by atoms with Crippen molar-refractivity contribution in [2.24, 2.45) is 5.10 Å². The topological polar surface area (TPSA) is 59.9 Å². The molecule has 0 heterocycles. The predicted molar refractivity (Wildman–Crippen MR) is 98.4 cm³/mol. The lowest BCUT2D eigenvalue weighted by atomic mass is 10.2. The zero-order chi connectivity index (χ0) is 17.5. The molecular weight excluding hydrogens is 396 g/mol. The van der Waals surface area contributed by atoms with Crippen molar-refractivity contribution in [1.82, 2.24) is 5.43 Å². The molecule has 2 rings (SSSR count). The first-order valence-electron chi connectivity index (χ1n) is 7.15. The molecule has 0 radical (unpaired) electrons. The highest BCUT2D eigenvalue weighted by molar-refractivity contribution is 9.10. The first-order valence-corrected chi connectivity index (χ1v) is 8.32. The molecule has 5 nitrogen and oxygen atoms in total. The third-order valence-corrected chi connectivity index (χ3v) is 3.95. The van der Waals surface area contributed by atoms with Crippen molar-refractivity contribution in [2.75, 3.05) is 13.7 Å². The molecule has 0 aliphatic heterocycles. The fraction of sp³-hybridized carbons (Fsp3) is 0.176.